The predicted molar refractivity (Wildman–Crippen MR) is 78.0 cm³/mol. The van der Waals surface area contributed by atoms with Crippen LogP contribution in [0.3, 0.4) is 0 Å². The second-order valence-corrected chi connectivity index (χ2v) is 5.28. The number of hydrogen-bond acceptors (Lipinski definition) is 4. The molecule has 7 heteroatoms. The largest absolute Gasteiger partial charge is 0.466 e. The molecule has 2 rings (SSSR count). The number of hydrogen-bond donors (Lipinski definition) is 3. The minimum Gasteiger partial charge on any atom is -0.466 e. The Hall–Kier alpha value is -2.28. The molecule has 1 unspecified atom stereocenters. The topological polar surface area (TPSA) is 92.3 Å². The summed E-state index contributed by atoms with van der Waals surface area (Å²) in [5.74, 6) is 1.81. The van der Waals surface area contributed by atoms with Crippen LogP contribution in [0.1, 0.15) is 24.0 Å². The number of carbonyl (C=O) groups excluding carboxylic acids is 1. The molecule has 3 N–H and O–H groups in total. The molecule has 0 saturated heterocycles. The van der Waals surface area contributed by atoms with Gasteiger partial charge in [0.25, 0.3) is 0 Å². The summed E-state index contributed by atoms with van der Waals surface area (Å²) in [6.07, 6.45) is 1.73. The summed E-state index contributed by atoms with van der Waals surface area (Å²) in [6.45, 7) is 5.29. The summed E-state index contributed by atoms with van der Waals surface area (Å²) in [5, 5.41) is 19.7. The first-order valence-electron chi connectivity index (χ1n) is 6.62. The lowest BCUT2D eigenvalue weighted by Crippen LogP contribution is -2.40. The maximum atomic E-state index is 11.8. The van der Waals surface area contributed by atoms with Crippen LogP contribution in [0.5, 0.6) is 0 Å². The van der Waals surface area contributed by atoms with E-state index < -0.39 is 11.6 Å². The number of anilines is 1. The van der Waals surface area contributed by atoms with Gasteiger partial charge in [-0.25, -0.2) is 4.79 Å². The highest BCUT2D eigenvalue weighted by Crippen LogP contribution is 2.26. The fourth-order valence-electron chi connectivity index (χ4n) is 2.16. The van der Waals surface area contributed by atoms with Gasteiger partial charge < -0.3 is 14.8 Å². The quantitative estimate of drug-likeness (QED) is 0.799. The standard InChI is InChI=1S/C14H20N4O3/c1-9-7-11(10(2)21-9)14(3,20)8-15-13(19)16-12-5-6-18(4)17-12/h5-7,20H,8H2,1-4H3,(H2,15,16,17,19). The highest BCUT2D eigenvalue weighted by atomic mass is 16.3. The maximum Gasteiger partial charge on any atom is 0.320 e. The van der Waals surface area contributed by atoms with Crippen molar-refractivity contribution in [3.63, 3.8) is 0 Å². The summed E-state index contributed by atoms with van der Waals surface area (Å²) in [7, 11) is 1.76. The molecule has 7 nitrogen and oxygen atoms in total. The first-order valence-corrected chi connectivity index (χ1v) is 6.62. The summed E-state index contributed by atoms with van der Waals surface area (Å²) in [4.78, 5) is 11.8. The average Bonchev–Trinajstić information content (AvgIpc) is 2.93. The van der Waals surface area contributed by atoms with Crippen LogP contribution in [0.15, 0.2) is 22.7 Å². The number of nitrogens with zero attached hydrogens (tertiary/aromatic N) is 2. The minimum atomic E-state index is -1.21. The van der Waals surface area contributed by atoms with Gasteiger partial charge >= 0.3 is 6.03 Å². The number of rotatable bonds is 4. The Morgan fingerprint density at radius 3 is 2.76 bits per heavy atom. The van der Waals surface area contributed by atoms with E-state index in [0.717, 1.165) is 5.76 Å². The molecular formula is C14H20N4O3. The third-order valence-corrected chi connectivity index (χ3v) is 3.17. The second kappa shape index (κ2) is 5.61. The van der Waals surface area contributed by atoms with Crippen molar-refractivity contribution in [1.82, 2.24) is 15.1 Å². The molecule has 2 aromatic rings. The van der Waals surface area contributed by atoms with Gasteiger partial charge in [-0.1, -0.05) is 0 Å². The molecule has 0 aliphatic rings. The van der Waals surface area contributed by atoms with Crippen LogP contribution in [0, 0.1) is 13.8 Å². The fraction of sp³-hybridized carbons (Fsp3) is 0.429. The molecule has 2 heterocycles. The Labute approximate surface area is 123 Å². The summed E-state index contributed by atoms with van der Waals surface area (Å²) in [6, 6.07) is 3.03. The van der Waals surface area contributed by atoms with Gasteiger partial charge in [0.15, 0.2) is 5.82 Å². The lowest BCUT2D eigenvalue weighted by molar-refractivity contribution is 0.0584. The number of furan rings is 1. The Morgan fingerprint density at radius 2 is 2.24 bits per heavy atom. The Morgan fingerprint density at radius 1 is 1.52 bits per heavy atom. The van der Waals surface area contributed by atoms with Crippen LogP contribution < -0.4 is 10.6 Å². The third-order valence-electron chi connectivity index (χ3n) is 3.17. The van der Waals surface area contributed by atoms with Gasteiger partial charge in [-0.05, 0) is 26.8 Å². The zero-order valence-corrected chi connectivity index (χ0v) is 12.6. The van der Waals surface area contributed by atoms with Gasteiger partial charge in [0, 0.05) is 24.9 Å². The number of aromatic nitrogens is 2. The Bertz CT molecular complexity index is 642. The fourth-order valence-corrected chi connectivity index (χ4v) is 2.16. The molecular weight excluding hydrogens is 272 g/mol. The van der Waals surface area contributed by atoms with Gasteiger partial charge in [-0.2, -0.15) is 5.10 Å². The first-order chi connectivity index (χ1) is 9.78. The summed E-state index contributed by atoms with van der Waals surface area (Å²) >= 11 is 0. The van der Waals surface area contributed by atoms with E-state index in [1.165, 1.54) is 0 Å². The smallest absolute Gasteiger partial charge is 0.320 e. The van der Waals surface area contributed by atoms with Crippen LogP contribution in [-0.4, -0.2) is 27.5 Å². The first kappa shape index (κ1) is 15.1. The summed E-state index contributed by atoms with van der Waals surface area (Å²) < 4.78 is 6.99. The van der Waals surface area contributed by atoms with Crippen molar-refractivity contribution in [2.45, 2.75) is 26.4 Å². The van der Waals surface area contributed by atoms with Gasteiger partial charge in [-0.3, -0.25) is 10.00 Å². The normalized spacial score (nSPS) is 13.8. The lowest BCUT2D eigenvalue weighted by atomic mass is 9.96. The number of nitrogens with one attached hydrogen (secondary N) is 2. The van der Waals surface area contributed by atoms with Crippen molar-refractivity contribution >= 4 is 11.8 Å². The van der Waals surface area contributed by atoms with Crippen molar-refractivity contribution in [2.75, 3.05) is 11.9 Å². The molecule has 0 fully saturated rings. The van der Waals surface area contributed by atoms with E-state index in [1.807, 2.05) is 6.92 Å². The molecule has 21 heavy (non-hydrogen) atoms. The molecule has 0 saturated carbocycles. The molecule has 0 spiro atoms. The molecule has 0 bridgehead atoms. The second-order valence-electron chi connectivity index (χ2n) is 5.28. The molecule has 114 valence electrons. The molecule has 2 amide bonds. The van der Waals surface area contributed by atoms with Crippen molar-refractivity contribution in [2.24, 2.45) is 7.05 Å². The van der Waals surface area contributed by atoms with E-state index in [9.17, 15) is 9.90 Å². The summed E-state index contributed by atoms with van der Waals surface area (Å²) in [5.41, 5.74) is -0.540. The lowest BCUT2D eigenvalue weighted by Gasteiger charge is -2.23. The predicted octanol–water partition coefficient (Wildman–Crippen LogP) is 1.66. The zero-order chi connectivity index (χ0) is 15.6. The zero-order valence-electron chi connectivity index (χ0n) is 12.6. The number of urea groups is 1. The molecule has 0 aliphatic carbocycles. The van der Waals surface area contributed by atoms with Crippen molar-refractivity contribution < 1.29 is 14.3 Å². The van der Waals surface area contributed by atoms with Crippen molar-refractivity contribution in [3.8, 4) is 0 Å². The number of amides is 2. The van der Waals surface area contributed by atoms with Crippen molar-refractivity contribution in [3.05, 3.63) is 35.4 Å². The molecule has 0 aliphatic heterocycles. The van der Waals surface area contributed by atoms with E-state index in [4.69, 9.17) is 4.42 Å². The molecule has 2 aromatic heterocycles. The van der Waals surface area contributed by atoms with Crippen LogP contribution in [-0.2, 0) is 12.6 Å². The van der Waals surface area contributed by atoms with E-state index >= 15 is 0 Å². The molecule has 0 aromatic carbocycles. The van der Waals surface area contributed by atoms with Crippen LogP contribution in [0.25, 0.3) is 0 Å². The van der Waals surface area contributed by atoms with Crippen LogP contribution in [0.4, 0.5) is 10.6 Å². The van der Waals surface area contributed by atoms with Gasteiger partial charge in [0.2, 0.25) is 0 Å². The highest BCUT2D eigenvalue weighted by molar-refractivity contribution is 5.88. The van der Waals surface area contributed by atoms with E-state index in [1.54, 1.807) is 43.9 Å². The Balaban J connectivity index is 1.95. The van der Waals surface area contributed by atoms with Gasteiger partial charge in [0.1, 0.15) is 17.1 Å². The van der Waals surface area contributed by atoms with Gasteiger partial charge in [0.05, 0.1) is 6.54 Å². The van der Waals surface area contributed by atoms with Crippen LogP contribution in [0.2, 0.25) is 0 Å². The van der Waals surface area contributed by atoms with Crippen molar-refractivity contribution in [1.29, 1.82) is 0 Å². The number of carbonyl (C=O) groups is 1. The number of aliphatic hydroxyl groups is 1. The minimum absolute atomic E-state index is 0.0610. The number of aryl methyl sites for hydroxylation is 3. The SMILES string of the molecule is Cc1cc(C(C)(O)CNC(=O)Nc2ccn(C)n2)c(C)o1. The third kappa shape index (κ3) is 3.63. The molecule has 0 radical (unpaired) electrons. The van der Waals surface area contributed by atoms with E-state index in [0.29, 0.717) is 17.1 Å². The van der Waals surface area contributed by atoms with E-state index in [-0.39, 0.29) is 6.54 Å². The monoisotopic (exact) mass is 292 g/mol. The van der Waals surface area contributed by atoms with Gasteiger partial charge in [-0.15, -0.1) is 0 Å². The van der Waals surface area contributed by atoms with Crippen LogP contribution >= 0.6 is 0 Å². The molecule has 1 atom stereocenters. The average molecular weight is 292 g/mol. The maximum absolute atomic E-state index is 11.8. The Kier molecular flexibility index (Phi) is 4.04. The van der Waals surface area contributed by atoms with E-state index in [2.05, 4.69) is 15.7 Å². The highest BCUT2D eigenvalue weighted by Gasteiger charge is 2.28.